The summed E-state index contributed by atoms with van der Waals surface area (Å²) >= 11 is 1.58. The summed E-state index contributed by atoms with van der Waals surface area (Å²) in [7, 11) is 4.08. The third-order valence-corrected chi connectivity index (χ3v) is 5.04. The van der Waals surface area contributed by atoms with Crippen LogP contribution in [0.2, 0.25) is 0 Å². The van der Waals surface area contributed by atoms with Gasteiger partial charge in [-0.25, -0.2) is 0 Å². The number of rotatable bonds is 6. The molecule has 0 bridgehead atoms. The molecule has 3 heteroatoms. The van der Waals surface area contributed by atoms with E-state index >= 15 is 0 Å². The Kier molecular flexibility index (Phi) is 6.89. The Morgan fingerprint density at radius 2 is 1.85 bits per heavy atom. The molecule has 0 unspecified atom stereocenters. The summed E-state index contributed by atoms with van der Waals surface area (Å²) in [4.78, 5) is 4.08. The molecule has 0 atom stereocenters. The number of nitrogens with zero attached hydrogens (tertiary/aromatic N) is 2. The number of aryl methyl sites for hydroxylation is 1. The Labute approximate surface area is 161 Å². The number of nitriles is 1. The van der Waals surface area contributed by atoms with Gasteiger partial charge in [0.1, 0.15) is 0 Å². The summed E-state index contributed by atoms with van der Waals surface area (Å²) in [5.41, 5.74) is 5.49. The first kappa shape index (κ1) is 19.6. The van der Waals surface area contributed by atoms with Crippen LogP contribution in [0.5, 0.6) is 0 Å². The highest BCUT2D eigenvalue weighted by Gasteiger charge is 2.08. The van der Waals surface area contributed by atoms with Gasteiger partial charge in [-0.2, -0.15) is 5.26 Å². The van der Waals surface area contributed by atoms with Crippen LogP contribution in [0.1, 0.15) is 23.6 Å². The Balaban J connectivity index is 2.24. The van der Waals surface area contributed by atoms with Crippen LogP contribution in [-0.2, 0) is 0 Å². The average Bonchev–Trinajstić information content (AvgIpc) is 2.63. The van der Waals surface area contributed by atoms with E-state index < -0.39 is 0 Å². The molecule has 0 fully saturated rings. The van der Waals surface area contributed by atoms with E-state index in [-0.39, 0.29) is 0 Å². The van der Waals surface area contributed by atoms with Gasteiger partial charge < -0.3 is 4.90 Å². The maximum Gasteiger partial charge on any atom is 0.0924 e. The minimum absolute atomic E-state index is 0.865. The monoisotopic (exact) mass is 360 g/mol. The highest BCUT2D eigenvalue weighted by molar-refractivity contribution is 8.07. The molecule has 0 saturated carbocycles. The van der Waals surface area contributed by atoms with Gasteiger partial charge in [0.2, 0.25) is 0 Å². The minimum Gasteiger partial charge on any atom is -0.378 e. The van der Waals surface area contributed by atoms with Crippen molar-refractivity contribution >= 4 is 29.1 Å². The second-order valence-electron chi connectivity index (χ2n) is 6.27. The highest BCUT2D eigenvalue weighted by atomic mass is 32.2. The van der Waals surface area contributed by atoms with Crippen LogP contribution >= 0.6 is 11.8 Å². The molecule has 0 aliphatic heterocycles. The van der Waals surface area contributed by atoms with Gasteiger partial charge in [0.05, 0.1) is 6.07 Å². The molecule has 0 N–H and O–H groups in total. The van der Waals surface area contributed by atoms with Gasteiger partial charge in [-0.3, -0.25) is 0 Å². The second kappa shape index (κ2) is 9.12. The number of hydrogen-bond donors (Lipinski definition) is 0. The Hall–Kier alpha value is -2.70. The van der Waals surface area contributed by atoms with E-state index in [9.17, 15) is 0 Å². The molecular weight excluding hydrogens is 336 g/mol. The first-order valence-electron chi connectivity index (χ1n) is 8.41. The molecule has 26 heavy (non-hydrogen) atoms. The van der Waals surface area contributed by atoms with Gasteiger partial charge in [0.15, 0.2) is 0 Å². The van der Waals surface area contributed by atoms with E-state index in [1.807, 2.05) is 44.4 Å². The molecule has 0 aliphatic rings. The number of thioether (sulfide) groups is 1. The second-order valence-corrected chi connectivity index (χ2v) is 7.56. The molecule has 0 spiro atoms. The van der Waals surface area contributed by atoms with Crippen LogP contribution in [0, 0.1) is 18.3 Å². The lowest BCUT2D eigenvalue weighted by atomic mass is 10.1. The van der Waals surface area contributed by atoms with Crippen molar-refractivity contribution in [1.82, 2.24) is 0 Å². The smallest absolute Gasteiger partial charge is 0.0924 e. The van der Waals surface area contributed by atoms with Crippen molar-refractivity contribution in [3.63, 3.8) is 0 Å². The maximum absolute atomic E-state index is 9.16. The predicted molar refractivity (Wildman–Crippen MR) is 116 cm³/mol. The first-order valence-corrected chi connectivity index (χ1v) is 9.22. The summed E-state index contributed by atoms with van der Waals surface area (Å²) in [6.45, 7) is 8.36. The molecular formula is C23H24N2S. The summed E-state index contributed by atoms with van der Waals surface area (Å²) in [6.07, 6.45) is 3.72. The maximum atomic E-state index is 9.16. The fraction of sp³-hybridized carbons (Fsp3) is 0.174. The van der Waals surface area contributed by atoms with Gasteiger partial charge >= 0.3 is 0 Å². The number of anilines is 1. The zero-order valence-electron chi connectivity index (χ0n) is 15.8. The topological polar surface area (TPSA) is 27.0 Å². The lowest BCUT2D eigenvalue weighted by molar-refractivity contribution is 1.13. The fourth-order valence-corrected chi connectivity index (χ4v) is 3.43. The van der Waals surface area contributed by atoms with E-state index in [2.05, 4.69) is 55.7 Å². The molecule has 0 radical (unpaired) electrons. The standard InChI is InChI=1S/C23H24N2S/c1-17-15-22(25(4)5)12-11-21(17)16-18(2)26-23(13-14-24)19(3)20-9-7-6-8-10-20/h6-13,15-16H,3H2,1-2,4-5H3/b18-16-,23-13+. The summed E-state index contributed by atoms with van der Waals surface area (Å²) in [6, 6.07) is 18.5. The molecule has 132 valence electrons. The van der Waals surface area contributed by atoms with Crippen molar-refractivity contribution in [3.05, 3.63) is 87.7 Å². The number of hydrogen-bond acceptors (Lipinski definition) is 3. The number of benzene rings is 2. The molecule has 0 saturated heterocycles. The highest BCUT2D eigenvalue weighted by Crippen LogP contribution is 2.36. The van der Waals surface area contributed by atoms with E-state index in [1.54, 1.807) is 17.8 Å². The summed E-state index contributed by atoms with van der Waals surface area (Å²) in [5.74, 6) is 0. The fourth-order valence-electron chi connectivity index (χ4n) is 2.54. The van der Waals surface area contributed by atoms with Crippen molar-refractivity contribution in [3.8, 4) is 6.07 Å². The predicted octanol–water partition coefficient (Wildman–Crippen LogP) is 6.28. The molecule has 2 aromatic carbocycles. The Morgan fingerprint density at radius 3 is 2.42 bits per heavy atom. The normalized spacial score (nSPS) is 11.8. The van der Waals surface area contributed by atoms with E-state index in [0.717, 1.165) is 20.9 Å². The number of allylic oxidation sites excluding steroid dienone is 3. The van der Waals surface area contributed by atoms with Crippen molar-refractivity contribution < 1.29 is 0 Å². The lowest BCUT2D eigenvalue weighted by Crippen LogP contribution is -2.08. The summed E-state index contributed by atoms with van der Waals surface area (Å²) in [5, 5.41) is 9.16. The van der Waals surface area contributed by atoms with Gasteiger partial charge in [-0.1, -0.05) is 54.7 Å². The zero-order chi connectivity index (χ0) is 19.1. The molecule has 2 rings (SSSR count). The lowest BCUT2D eigenvalue weighted by Gasteiger charge is -2.14. The largest absolute Gasteiger partial charge is 0.378 e. The van der Waals surface area contributed by atoms with Crippen molar-refractivity contribution in [2.45, 2.75) is 13.8 Å². The molecule has 0 heterocycles. The zero-order valence-corrected chi connectivity index (χ0v) is 16.6. The van der Waals surface area contributed by atoms with Crippen LogP contribution in [0.4, 0.5) is 5.69 Å². The van der Waals surface area contributed by atoms with E-state index in [4.69, 9.17) is 5.26 Å². The van der Waals surface area contributed by atoms with Crippen molar-refractivity contribution in [1.29, 1.82) is 5.26 Å². The first-order chi connectivity index (χ1) is 12.4. The molecule has 2 aromatic rings. The van der Waals surface area contributed by atoms with Crippen LogP contribution in [0.25, 0.3) is 11.6 Å². The van der Waals surface area contributed by atoms with Gasteiger partial charge in [-0.15, -0.1) is 0 Å². The van der Waals surface area contributed by atoms with Crippen LogP contribution < -0.4 is 4.90 Å². The van der Waals surface area contributed by atoms with E-state index in [1.165, 1.54) is 16.8 Å². The van der Waals surface area contributed by atoms with Crippen LogP contribution in [0.15, 0.2) is 71.0 Å². The Bertz CT molecular complexity index is 884. The Morgan fingerprint density at radius 1 is 1.15 bits per heavy atom. The average molecular weight is 361 g/mol. The quantitative estimate of drug-likeness (QED) is 0.448. The third kappa shape index (κ3) is 5.15. The summed E-state index contributed by atoms with van der Waals surface area (Å²) < 4.78 is 0. The molecule has 2 nitrogen and oxygen atoms in total. The van der Waals surface area contributed by atoms with E-state index in [0.29, 0.717) is 0 Å². The SMILES string of the molecule is C=C(/C(=C\C#N)S/C(C)=C\c1ccc(N(C)C)cc1C)c1ccccc1. The van der Waals surface area contributed by atoms with Crippen LogP contribution in [0.3, 0.4) is 0 Å². The van der Waals surface area contributed by atoms with Crippen molar-refractivity contribution in [2.75, 3.05) is 19.0 Å². The molecule has 0 aliphatic carbocycles. The van der Waals surface area contributed by atoms with Gasteiger partial charge in [0.25, 0.3) is 0 Å². The molecule has 0 aromatic heterocycles. The molecule has 0 amide bonds. The van der Waals surface area contributed by atoms with Gasteiger partial charge in [0, 0.05) is 30.8 Å². The van der Waals surface area contributed by atoms with Crippen molar-refractivity contribution in [2.24, 2.45) is 0 Å². The van der Waals surface area contributed by atoms with Gasteiger partial charge in [-0.05, 0) is 59.2 Å². The third-order valence-electron chi connectivity index (χ3n) is 4.01. The minimum atomic E-state index is 0.865. The van der Waals surface area contributed by atoms with Crippen LogP contribution in [-0.4, -0.2) is 14.1 Å².